The molecule has 0 saturated carbocycles. The second kappa shape index (κ2) is 6.49. The first-order chi connectivity index (χ1) is 9.53. The third-order valence-corrected chi connectivity index (χ3v) is 5.33. The summed E-state index contributed by atoms with van der Waals surface area (Å²) >= 11 is 1.61. The zero-order valence-corrected chi connectivity index (χ0v) is 12.9. The fraction of sp³-hybridized carbons (Fsp3) is 0.286. The molecule has 2 aromatic rings. The van der Waals surface area contributed by atoms with Crippen LogP contribution in [0.2, 0.25) is 0 Å². The molecule has 0 saturated heterocycles. The molecule has 1 heterocycles. The first-order valence-electron chi connectivity index (χ1n) is 6.33. The first kappa shape index (κ1) is 15.2. The van der Waals surface area contributed by atoms with E-state index in [1.54, 1.807) is 29.5 Å². The maximum absolute atomic E-state index is 12.2. The van der Waals surface area contributed by atoms with Crippen LogP contribution in [0.1, 0.15) is 16.7 Å². The van der Waals surface area contributed by atoms with Gasteiger partial charge in [0.25, 0.3) is 0 Å². The van der Waals surface area contributed by atoms with E-state index >= 15 is 0 Å². The number of nitrogens with one attached hydrogen (secondary N) is 1. The standard InChI is InChI=1S/C14H18N2O2S2/c1-11-2-3-14(8-13(11)9-15)20(17,18)16-6-4-12-5-7-19-10-12/h2-3,5,7-8,10,16H,4,6,9,15H2,1H3. The zero-order chi connectivity index (χ0) is 14.6. The Morgan fingerprint density at radius 3 is 2.75 bits per heavy atom. The molecule has 0 unspecified atom stereocenters. The van der Waals surface area contributed by atoms with Gasteiger partial charge in [0.2, 0.25) is 10.0 Å². The molecule has 2 rings (SSSR count). The minimum Gasteiger partial charge on any atom is -0.326 e. The Morgan fingerprint density at radius 2 is 2.10 bits per heavy atom. The Bertz CT molecular complexity index is 664. The summed E-state index contributed by atoms with van der Waals surface area (Å²) in [6.07, 6.45) is 0.693. The Labute approximate surface area is 123 Å². The number of hydrogen-bond donors (Lipinski definition) is 2. The second-order valence-corrected chi connectivity index (χ2v) is 7.12. The van der Waals surface area contributed by atoms with E-state index in [0.717, 1.165) is 16.7 Å². The van der Waals surface area contributed by atoms with Crippen molar-refractivity contribution in [2.45, 2.75) is 24.8 Å². The summed E-state index contributed by atoms with van der Waals surface area (Å²) in [6, 6.07) is 7.04. The number of sulfonamides is 1. The van der Waals surface area contributed by atoms with E-state index in [1.165, 1.54) is 0 Å². The molecule has 0 spiro atoms. The van der Waals surface area contributed by atoms with Gasteiger partial charge in [0.15, 0.2) is 0 Å². The average Bonchev–Trinajstić information content (AvgIpc) is 2.92. The van der Waals surface area contributed by atoms with Gasteiger partial charge in [-0.1, -0.05) is 6.07 Å². The molecule has 0 aliphatic heterocycles. The summed E-state index contributed by atoms with van der Waals surface area (Å²) in [5.41, 5.74) is 8.61. The summed E-state index contributed by atoms with van der Waals surface area (Å²) in [5, 5.41) is 4.00. The van der Waals surface area contributed by atoms with Crippen molar-refractivity contribution in [3.05, 3.63) is 51.7 Å². The molecule has 0 bridgehead atoms. The van der Waals surface area contributed by atoms with Crippen molar-refractivity contribution >= 4 is 21.4 Å². The molecule has 0 aliphatic rings. The van der Waals surface area contributed by atoms with Crippen LogP contribution < -0.4 is 10.5 Å². The number of aryl methyl sites for hydroxylation is 1. The van der Waals surface area contributed by atoms with Crippen molar-refractivity contribution in [1.29, 1.82) is 0 Å². The number of rotatable bonds is 6. The second-order valence-electron chi connectivity index (χ2n) is 4.57. The van der Waals surface area contributed by atoms with Gasteiger partial charge in [-0.15, -0.1) is 0 Å². The average molecular weight is 310 g/mol. The van der Waals surface area contributed by atoms with Crippen LogP contribution in [0.4, 0.5) is 0 Å². The van der Waals surface area contributed by atoms with E-state index in [4.69, 9.17) is 5.73 Å². The van der Waals surface area contributed by atoms with Crippen LogP contribution >= 0.6 is 11.3 Å². The highest BCUT2D eigenvalue weighted by molar-refractivity contribution is 7.89. The fourth-order valence-electron chi connectivity index (χ4n) is 1.88. The first-order valence-corrected chi connectivity index (χ1v) is 8.76. The van der Waals surface area contributed by atoms with Gasteiger partial charge in [0.1, 0.15) is 0 Å². The minimum absolute atomic E-state index is 0.272. The molecule has 108 valence electrons. The van der Waals surface area contributed by atoms with Crippen LogP contribution in [-0.4, -0.2) is 15.0 Å². The van der Waals surface area contributed by atoms with Crippen LogP contribution in [0, 0.1) is 6.92 Å². The predicted octanol–water partition coefficient (Wildman–Crippen LogP) is 2.04. The summed E-state index contributed by atoms with van der Waals surface area (Å²) in [4.78, 5) is 0.272. The molecule has 6 heteroatoms. The normalized spacial score (nSPS) is 11.7. The molecule has 20 heavy (non-hydrogen) atoms. The Balaban J connectivity index is 2.06. The van der Waals surface area contributed by atoms with Gasteiger partial charge in [-0.2, -0.15) is 11.3 Å². The largest absolute Gasteiger partial charge is 0.326 e. The Hall–Kier alpha value is -1.21. The van der Waals surface area contributed by atoms with Crippen molar-refractivity contribution in [2.24, 2.45) is 5.73 Å². The highest BCUT2D eigenvalue weighted by Gasteiger charge is 2.14. The third kappa shape index (κ3) is 3.67. The number of hydrogen-bond acceptors (Lipinski definition) is 4. The molecule has 4 nitrogen and oxygen atoms in total. The number of thiophene rings is 1. The van der Waals surface area contributed by atoms with Crippen LogP contribution in [0.3, 0.4) is 0 Å². The Morgan fingerprint density at radius 1 is 1.30 bits per heavy atom. The molecule has 1 aromatic heterocycles. The summed E-state index contributed by atoms with van der Waals surface area (Å²) in [6.45, 7) is 2.65. The molecular formula is C14H18N2O2S2. The minimum atomic E-state index is -3.47. The van der Waals surface area contributed by atoms with Crippen LogP contribution in [0.25, 0.3) is 0 Å². The molecule has 3 N–H and O–H groups in total. The van der Waals surface area contributed by atoms with Crippen molar-refractivity contribution in [3.63, 3.8) is 0 Å². The topological polar surface area (TPSA) is 72.2 Å². The van der Waals surface area contributed by atoms with Crippen molar-refractivity contribution in [2.75, 3.05) is 6.54 Å². The summed E-state index contributed by atoms with van der Waals surface area (Å²) in [5.74, 6) is 0. The monoisotopic (exact) mass is 310 g/mol. The van der Waals surface area contributed by atoms with E-state index in [0.29, 0.717) is 19.5 Å². The van der Waals surface area contributed by atoms with E-state index < -0.39 is 10.0 Å². The lowest BCUT2D eigenvalue weighted by molar-refractivity contribution is 0.581. The van der Waals surface area contributed by atoms with Gasteiger partial charge in [-0.3, -0.25) is 0 Å². The highest BCUT2D eigenvalue weighted by atomic mass is 32.2. The van der Waals surface area contributed by atoms with Crippen molar-refractivity contribution in [1.82, 2.24) is 4.72 Å². The highest BCUT2D eigenvalue weighted by Crippen LogP contribution is 2.15. The van der Waals surface area contributed by atoms with Crippen molar-refractivity contribution in [3.8, 4) is 0 Å². The van der Waals surface area contributed by atoms with Gasteiger partial charge in [-0.25, -0.2) is 13.1 Å². The van der Waals surface area contributed by atoms with Gasteiger partial charge in [-0.05, 0) is 59.0 Å². The fourth-order valence-corrected chi connectivity index (χ4v) is 3.67. The lowest BCUT2D eigenvalue weighted by atomic mass is 10.1. The molecule has 0 amide bonds. The van der Waals surface area contributed by atoms with Gasteiger partial charge >= 0.3 is 0 Å². The molecule has 0 fully saturated rings. The number of nitrogens with two attached hydrogens (primary N) is 1. The molecule has 0 radical (unpaired) electrons. The van der Waals surface area contributed by atoms with Crippen molar-refractivity contribution < 1.29 is 8.42 Å². The molecular weight excluding hydrogens is 292 g/mol. The SMILES string of the molecule is Cc1ccc(S(=O)(=O)NCCc2ccsc2)cc1CN. The van der Waals surface area contributed by atoms with Gasteiger partial charge in [0.05, 0.1) is 4.90 Å². The van der Waals surface area contributed by atoms with Gasteiger partial charge < -0.3 is 5.73 Å². The van der Waals surface area contributed by atoms with Crippen LogP contribution in [0.15, 0.2) is 39.9 Å². The lowest BCUT2D eigenvalue weighted by Gasteiger charge is -2.09. The molecule has 0 aliphatic carbocycles. The summed E-state index contributed by atoms with van der Waals surface area (Å²) < 4.78 is 27.0. The number of benzene rings is 1. The van der Waals surface area contributed by atoms with E-state index in [-0.39, 0.29) is 4.90 Å². The molecule has 0 atom stereocenters. The maximum atomic E-state index is 12.2. The van der Waals surface area contributed by atoms with E-state index in [9.17, 15) is 8.42 Å². The molecule has 1 aromatic carbocycles. The van der Waals surface area contributed by atoms with Crippen LogP contribution in [-0.2, 0) is 23.0 Å². The lowest BCUT2D eigenvalue weighted by Crippen LogP contribution is -2.26. The quantitative estimate of drug-likeness (QED) is 0.857. The zero-order valence-electron chi connectivity index (χ0n) is 11.3. The van der Waals surface area contributed by atoms with E-state index in [1.807, 2.05) is 23.8 Å². The predicted molar refractivity (Wildman–Crippen MR) is 82.3 cm³/mol. The maximum Gasteiger partial charge on any atom is 0.240 e. The van der Waals surface area contributed by atoms with Crippen LogP contribution in [0.5, 0.6) is 0 Å². The third-order valence-electron chi connectivity index (χ3n) is 3.14. The Kier molecular flexibility index (Phi) is 4.93. The van der Waals surface area contributed by atoms with Gasteiger partial charge in [0, 0.05) is 13.1 Å². The smallest absolute Gasteiger partial charge is 0.240 e. The van der Waals surface area contributed by atoms with E-state index in [2.05, 4.69) is 4.72 Å². The summed E-state index contributed by atoms with van der Waals surface area (Å²) in [7, 11) is -3.47.